The second-order valence-corrected chi connectivity index (χ2v) is 9.15. The Morgan fingerprint density at radius 2 is 1.91 bits per heavy atom. The third-order valence-electron chi connectivity index (χ3n) is 4.82. The van der Waals surface area contributed by atoms with Crippen LogP contribution in [0.1, 0.15) is 42.9 Å². The number of aryl methyl sites for hydroxylation is 1. The lowest BCUT2D eigenvalue weighted by Gasteiger charge is -2.14. The first-order valence-electron chi connectivity index (χ1n) is 10.7. The first-order chi connectivity index (χ1) is 15.5. The smallest absolute Gasteiger partial charge is 0.305 e. The summed E-state index contributed by atoms with van der Waals surface area (Å²) < 4.78 is 11.6. The monoisotopic (exact) mass is 469 g/mol. The van der Waals surface area contributed by atoms with Gasteiger partial charge in [0.25, 0.3) is 5.91 Å². The molecule has 5 nitrogen and oxygen atoms in total. The molecule has 1 saturated heterocycles. The number of amides is 1. The second-order valence-electron chi connectivity index (χ2n) is 7.47. The number of esters is 1. The number of hydrogen-bond acceptors (Lipinski definition) is 6. The van der Waals surface area contributed by atoms with E-state index in [0.717, 1.165) is 17.5 Å². The average molecular weight is 470 g/mol. The van der Waals surface area contributed by atoms with E-state index >= 15 is 0 Å². The number of benzene rings is 2. The number of ether oxygens (including phenoxy) is 2. The largest absolute Gasteiger partial charge is 0.488 e. The van der Waals surface area contributed by atoms with Crippen molar-refractivity contribution in [2.75, 3.05) is 13.2 Å². The quantitative estimate of drug-likeness (QED) is 0.260. The van der Waals surface area contributed by atoms with E-state index < -0.39 is 0 Å². The van der Waals surface area contributed by atoms with Gasteiger partial charge in [-0.25, -0.2) is 0 Å². The minimum absolute atomic E-state index is 0.143. The third kappa shape index (κ3) is 6.68. The number of carbonyl (C=O) groups is 2. The topological polar surface area (TPSA) is 55.8 Å². The maximum Gasteiger partial charge on any atom is 0.305 e. The van der Waals surface area contributed by atoms with Crippen LogP contribution in [0.5, 0.6) is 5.75 Å². The first-order valence-corrected chi connectivity index (χ1v) is 11.9. The van der Waals surface area contributed by atoms with Crippen molar-refractivity contribution in [3.8, 4) is 5.75 Å². The summed E-state index contributed by atoms with van der Waals surface area (Å²) in [6.07, 6.45) is 3.39. The van der Waals surface area contributed by atoms with Gasteiger partial charge >= 0.3 is 5.97 Å². The van der Waals surface area contributed by atoms with Crippen molar-refractivity contribution >= 4 is 46.3 Å². The van der Waals surface area contributed by atoms with Gasteiger partial charge in [-0.2, -0.15) is 0 Å². The number of para-hydroxylation sites is 1. The van der Waals surface area contributed by atoms with Crippen LogP contribution in [0, 0.1) is 6.92 Å². The highest BCUT2D eigenvalue weighted by molar-refractivity contribution is 8.26. The SMILES string of the molecule is CCCOC(=O)CCCN1C(=O)/C(=C\c2ccccc2OCc2ccc(C)cc2)SC1=S. The molecule has 0 aliphatic carbocycles. The maximum atomic E-state index is 12.9. The Bertz CT molecular complexity index is 1000. The molecule has 1 aliphatic rings. The van der Waals surface area contributed by atoms with Crippen molar-refractivity contribution in [2.45, 2.75) is 39.7 Å². The Morgan fingerprint density at radius 3 is 2.66 bits per heavy atom. The van der Waals surface area contributed by atoms with Crippen molar-refractivity contribution in [1.29, 1.82) is 0 Å². The summed E-state index contributed by atoms with van der Waals surface area (Å²) >= 11 is 6.67. The van der Waals surface area contributed by atoms with E-state index in [4.69, 9.17) is 21.7 Å². The number of hydrogen-bond donors (Lipinski definition) is 0. The highest BCUT2D eigenvalue weighted by Gasteiger charge is 2.31. The predicted molar refractivity (Wildman–Crippen MR) is 132 cm³/mol. The summed E-state index contributed by atoms with van der Waals surface area (Å²) in [6.45, 7) is 5.27. The molecular formula is C25H27NO4S2. The van der Waals surface area contributed by atoms with Crippen LogP contribution in [-0.2, 0) is 20.9 Å². The normalized spacial score (nSPS) is 14.8. The highest BCUT2D eigenvalue weighted by atomic mass is 32.2. The van der Waals surface area contributed by atoms with E-state index in [9.17, 15) is 9.59 Å². The minimum atomic E-state index is -0.243. The van der Waals surface area contributed by atoms with Gasteiger partial charge in [-0.15, -0.1) is 0 Å². The lowest BCUT2D eigenvalue weighted by atomic mass is 10.1. The van der Waals surface area contributed by atoms with E-state index in [1.54, 1.807) is 4.90 Å². The predicted octanol–water partition coefficient (Wildman–Crippen LogP) is 5.51. The van der Waals surface area contributed by atoms with Gasteiger partial charge < -0.3 is 9.47 Å². The van der Waals surface area contributed by atoms with Crippen LogP contribution < -0.4 is 4.74 Å². The molecule has 7 heteroatoms. The number of rotatable bonds is 10. The van der Waals surface area contributed by atoms with Crippen LogP contribution in [-0.4, -0.2) is 34.2 Å². The maximum absolute atomic E-state index is 12.9. The van der Waals surface area contributed by atoms with Crippen molar-refractivity contribution in [2.24, 2.45) is 0 Å². The fraction of sp³-hybridized carbons (Fsp3) is 0.320. The minimum Gasteiger partial charge on any atom is -0.488 e. The Morgan fingerprint density at radius 1 is 1.16 bits per heavy atom. The fourth-order valence-electron chi connectivity index (χ4n) is 3.08. The summed E-state index contributed by atoms with van der Waals surface area (Å²) in [6, 6.07) is 15.8. The number of thiocarbonyl (C=S) groups is 1. The van der Waals surface area contributed by atoms with Gasteiger partial charge in [0.15, 0.2) is 0 Å². The van der Waals surface area contributed by atoms with E-state index in [2.05, 4.69) is 12.1 Å². The summed E-state index contributed by atoms with van der Waals surface area (Å²) in [7, 11) is 0. The van der Waals surface area contributed by atoms with Gasteiger partial charge in [0.2, 0.25) is 0 Å². The fourth-order valence-corrected chi connectivity index (χ4v) is 4.38. The van der Waals surface area contributed by atoms with Crippen LogP contribution in [0.4, 0.5) is 0 Å². The molecule has 2 aromatic rings. The lowest BCUT2D eigenvalue weighted by Crippen LogP contribution is -2.29. The van der Waals surface area contributed by atoms with E-state index in [1.165, 1.54) is 17.3 Å². The Labute approximate surface area is 198 Å². The van der Waals surface area contributed by atoms with Crippen molar-refractivity contribution in [3.63, 3.8) is 0 Å². The summed E-state index contributed by atoms with van der Waals surface area (Å²) in [4.78, 5) is 26.7. The molecule has 0 saturated carbocycles. The van der Waals surface area contributed by atoms with Crippen LogP contribution >= 0.6 is 24.0 Å². The molecule has 0 aromatic heterocycles. The third-order valence-corrected chi connectivity index (χ3v) is 6.20. The van der Waals surface area contributed by atoms with Crippen molar-refractivity contribution < 1.29 is 19.1 Å². The molecule has 2 aromatic carbocycles. The van der Waals surface area contributed by atoms with E-state index in [1.807, 2.05) is 56.3 Å². The Hall–Kier alpha value is -2.64. The zero-order valence-corrected chi connectivity index (χ0v) is 20.0. The molecule has 0 bridgehead atoms. The van der Waals surface area contributed by atoms with E-state index in [0.29, 0.717) is 41.2 Å². The molecule has 0 atom stereocenters. The Kier molecular flexibility index (Phi) is 8.88. The number of carbonyl (C=O) groups excluding carboxylic acids is 2. The van der Waals surface area contributed by atoms with Gasteiger partial charge in [0, 0.05) is 18.5 Å². The number of thioether (sulfide) groups is 1. The second kappa shape index (κ2) is 11.8. The molecule has 32 heavy (non-hydrogen) atoms. The van der Waals surface area contributed by atoms with Crippen LogP contribution in [0.25, 0.3) is 6.08 Å². The molecule has 0 unspecified atom stereocenters. The van der Waals surface area contributed by atoms with Gasteiger partial charge in [-0.05, 0) is 37.5 Å². The van der Waals surface area contributed by atoms with Gasteiger partial charge in [-0.3, -0.25) is 14.5 Å². The summed E-state index contributed by atoms with van der Waals surface area (Å²) in [5, 5.41) is 0. The molecule has 1 amide bonds. The van der Waals surface area contributed by atoms with Gasteiger partial charge in [0.05, 0.1) is 11.5 Å². The van der Waals surface area contributed by atoms with E-state index in [-0.39, 0.29) is 18.3 Å². The molecular weight excluding hydrogens is 442 g/mol. The van der Waals surface area contributed by atoms with Gasteiger partial charge in [0.1, 0.15) is 16.7 Å². The molecule has 0 N–H and O–H groups in total. The molecule has 3 rings (SSSR count). The van der Waals surface area contributed by atoms with Gasteiger partial charge in [-0.1, -0.05) is 78.9 Å². The summed E-state index contributed by atoms with van der Waals surface area (Å²) in [5.41, 5.74) is 3.10. The molecule has 168 valence electrons. The lowest BCUT2D eigenvalue weighted by molar-refractivity contribution is -0.144. The molecule has 0 spiro atoms. The zero-order valence-electron chi connectivity index (χ0n) is 18.3. The Balaban J connectivity index is 1.63. The molecule has 0 radical (unpaired) electrons. The highest BCUT2D eigenvalue weighted by Crippen LogP contribution is 2.34. The summed E-state index contributed by atoms with van der Waals surface area (Å²) in [5.74, 6) is 0.319. The molecule has 1 fully saturated rings. The van der Waals surface area contributed by atoms with Crippen LogP contribution in [0.15, 0.2) is 53.4 Å². The van der Waals surface area contributed by atoms with Crippen LogP contribution in [0.3, 0.4) is 0 Å². The van der Waals surface area contributed by atoms with Crippen LogP contribution in [0.2, 0.25) is 0 Å². The average Bonchev–Trinajstić information content (AvgIpc) is 3.05. The van der Waals surface area contributed by atoms with Crippen molar-refractivity contribution in [1.82, 2.24) is 4.90 Å². The standard InChI is InChI=1S/C25H27NO4S2/c1-3-15-29-23(27)9-6-14-26-24(28)22(32-25(26)31)16-20-7-4-5-8-21(20)30-17-19-12-10-18(2)11-13-19/h4-5,7-8,10-13,16H,3,6,9,14-15,17H2,1-2H3/b22-16+. The van der Waals surface area contributed by atoms with Crippen molar-refractivity contribution in [3.05, 3.63) is 70.1 Å². The molecule has 1 aliphatic heterocycles. The number of nitrogens with zero attached hydrogens (tertiary/aromatic N) is 1. The zero-order chi connectivity index (χ0) is 22.9. The molecule has 1 heterocycles. The first kappa shape index (κ1) is 24.0.